The molecule has 0 saturated carbocycles. The van der Waals surface area contributed by atoms with E-state index in [1.54, 1.807) is 7.11 Å². The monoisotopic (exact) mass is 293 g/mol. The molecular formula is C18H31NO2. The molecule has 0 atom stereocenters. The van der Waals surface area contributed by atoms with Gasteiger partial charge in [-0.1, -0.05) is 32.9 Å². The largest absolute Gasteiger partial charge is 0.494 e. The molecule has 0 fully saturated rings. The van der Waals surface area contributed by atoms with E-state index in [4.69, 9.17) is 9.47 Å². The van der Waals surface area contributed by atoms with Gasteiger partial charge in [0.1, 0.15) is 5.75 Å². The molecule has 0 aliphatic heterocycles. The van der Waals surface area contributed by atoms with E-state index in [2.05, 4.69) is 50.4 Å². The summed E-state index contributed by atoms with van der Waals surface area (Å²) in [5.41, 5.74) is 1.62. The summed E-state index contributed by atoms with van der Waals surface area (Å²) < 4.78 is 10.8. The number of unbranched alkanes of at least 4 members (excludes halogenated alkanes) is 1. The standard InChI is InChI=1S/C18H31NO2/c1-5-18(2,3)16-8-10-17(11-9-16)21-14-7-6-12-19-13-15-20-4/h8-11,19H,5-7,12-15H2,1-4H3. The van der Waals surface area contributed by atoms with Crippen LogP contribution in [0.2, 0.25) is 0 Å². The molecule has 1 rings (SSSR count). The van der Waals surface area contributed by atoms with E-state index >= 15 is 0 Å². The Balaban J connectivity index is 2.18. The van der Waals surface area contributed by atoms with Gasteiger partial charge in [-0.3, -0.25) is 0 Å². The van der Waals surface area contributed by atoms with Crippen LogP contribution in [-0.4, -0.2) is 33.4 Å². The number of hydrogen-bond acceptors (Lipinski definition) is 3. The van der Waals surface area contributed by atoms with E-state index in [9.17, 15) is 0 Å². The predicted molar refractivity (Wildman–Crippen MR) is 89.2 cm³/mol. The molecule has 21 heavy (non-hydrogen) atoms. The second-order valence-corrected chi connectivity index (χ2v) is 6.06. The van der Waals surface area contributed by atoms with Gasteiger partial charge in [-0.2, -0.15) is 0 Å². The Kier molecular flexibility index (Phi) is 8.40. The first-order valence-corrected chi connectivity index (χ1v) is 8.03. The number of rotatable bonds is 11. The van der Waals surface area contributed by atoms with Crippen LogP contribution in [0.5, 0.6) is 5.75 Å². The third-order valence-electron chi connectivity index (χ3n) is 4.02. The van der Waals surface area contributed by atoms with Crippen LogP contribution in [0.3, 0.4) is 0 Å². The summed E-state index contributed by atoms with van der Waals surface area (Å²) in [5.74, 6) is 0.970. The van der Waals surface area contributed by atoms with Gasteiger partial charge in [0.15, 0.2) is 0 Å². The second kappa shape index (κ2) is 9.80. The molecule has 0 unspecified atom stereocenters. The quantitative estimate of drug-likeness (QED) is 0.630. The van der Waals surface area contributed by atoms with Gasteiger partial charge in [0.25, 0.3) is 0 Å². The van der Waals surface area contributed by atoms with Crippen LogP contribution >= 0.6 is 0 Å². The van der Waals surface area contributed by atoms with Crippen LogP contribution in [0.25, 0.3) is 0 Å². The summed E-state index contributed by atoms with van der Waals surface area (Å²) in [6.07, 6.45) is 3.34. The van der Waals surface area contributed by atoms with Gasteiger partial charge < -0.3 is 14.8 Å². The highest BCUT2D eigenvalue weighted by Gasteiger charge is 2.17. The maximum Gasteiger partial charge on any atom is 0.119 e. The molecule has 3 heteroatoms. The van der Waals surface area contributed by atoms with Crippen molar-refractivity contribution in [3.63, 3.8) is 0 Å². The third-order valence-corrected chi connectivity index (χ3v) is 4.02. The first kappa shape index (κ1) is 18.0. The fourth-order valence-electron chi connectivity index (χ4n) is 2.05. The molecule has 0 amide bonds. The second-order valence-electron chi connectivity index (χ2n) is 6.06. The van der Waals surface area contributed by atoms with Crippen molar-refractivity contribution >= 4 is 0 Å². The van der Waals surface area contributed by atoms with Gasteiger partial charge in [-0.25, -0.2) is 0 Å². The minimum absolute atomic E-state index is 0.242. The average Bonchev–Trinajstić information content (AvgIpc) is 2.50. The van der Waals surface area contributed by atoms with E-state index < -0.39 is 0 Å². The summed E-state index contributed by atoms with van der Waals surface area (Å²) in [5, 5.41) is 3.33. The number of ether oxygens (including phenoxy) is 2. The molecule has 0 bridgehead atoms. The molecule has 120 valence electrons. The number of nitrogens with one attached hydrogen (secondary N) is 1. The van der Waals surface area contributed by atoms with E-state index in [1.165, 1.54) is 5.56 Å². The molecular weight excluding hydrogens is 262 g/mol. The number of benzene rings is 1. The van der Waals surface area contributed by atoms with Crippen LogP contribution in [-0.2, 0) is 10.2 Å². The smallest absolute Gasteiger partial charge is 0.119 e. The molecule has 0 aliphatic rings. The van der Waals surface area contributed by atoms with E-state index in [0.29, 0.717) is 0 Å². The van der Waals surface area contributed by atoms with Gasteiger partial charge in [0.2, 0.25) is 0 Å². The number of methoxy groups -OCH3 is 1. The molecule has 0 radical (unpaired) electrons. The first-order valence-electron chi connectivity index (χ1n) is 8.03. The van der Waals surface area contributed by atoms with Crippen LogP contribution in [0.4, 0.5) is 0 Å². The predicted octanol–water partition coefficient (Wildman–Crippen LogP) is 3.77. The lowest BCUT2D eigenvalue weighted by atomic mass is 9.82. The molecule has 0 heterocycles. The van der Waals surface area contributed by atoms with Crippen molar-refractivity contribution in [2.45, 2.75) is 45.4 Å². The van der Waals surface area contributed by atoms with Gasteiger partial charge in [0.05, 0.1) is 13.2 Å². The fourth-order valence-corrected chi connectivity index (χ4v) is 2.05. The van der Waals surface area contributed by atoms with Crippen molar-refractivity contribution in [3.05, 3.63) is 29.8 Å². The van der Waals surface area contributed by atoms with Gasteiger partial charge >= 0.3 is 0 Å². The maximum atomic E-state index is 5.78. The van der Waals surface area contributed by atoms with Crippen molar-refractivity contribution < 1.29 is 9.47 Å². The number of hydrogen-bond donors (Lipinski definition) is 1. The third kappa shape index (κ3) is 6.96. The van der Waals surface area contributed by atoms with Crippen molar-refractivity contribution in [2.24, 2.45) is 0 Å². The Bertz CT molecular complexity index is 373. The zero-order valence-corrected chi connectivity index (χ0v) is 14.1. The van der Waals surface area contributed by atoms with Gasteiger partial charge in [-0.05, 0) is 48.9 Å². The zero-order chi connectivity index (χ0) is 15.6. The fraction of sp³-hybridized carbons (Fsp3) is 0.667. The minimum Gasteiger partial charge on any atom is -0.494 e. The van der Waals surface area contributed by atoms with Crippen molar-refractivity contribution in [3.8, 4) is 5.75 Å². The molecule has 0 aliphatic carbocycles. The summed E-state index contributed by atoms with van der Waals surface area (Å²) >= 11 is 0. The molecule has 3 nitrogen and oxygen atoms in total. The van der Waals surface area contributed by atoms with Crippen molar-refractivity contribution in [1.29, 1.82) is 0 Å². The van der Waals surface area contributed by atoms with Crippen LogP contribution in [0.1, 0.15) is 45.6 Å². The normalized spacial score (nSPS) is 11.6. The highest BCUT2D eigenvalue weighted by Crippen LogP contribution is 2.28. The Morgan fingerprint density at radius 1 is 1.00 bits per heavy atom. The Labute approximate surface area is 130 Å². The lowest BCUT2D eigenvalue weighted by Gasteiger charge is -2.23. The molecule has 0 aromatic heterocycles. The average molecular weight is 293 g/mol. The maximum absolute atomic E-state index is 5.78. The summed E-state index contributed by atoms with van der Waals surface area (Å²) in [7, 11) is 1.72. The Morgan fingerprint density at radius 3 is 2.33 bits per heavy atom. The van der Waals surface area contributed by atoms with E-state index in [-0.39, 0.29) is 5.41 Å². The van der Waals surface area contributed by atoms with Crippen LogP contribution in [0.15, 0.2) is 24.3 Å². The van der Waals surface area contributed by atoms with Crippen LogP contribution < -0.4 is 10.1 Å². The SMILES string of the molecule is CCC(C)(C)c1ccc(OCCCCNCCOC)cc1. The van der Waals surface area contributed by atoms with Gasteiger partial charge in [-0.15, -0.1) is 0 Å². The lowest BCUT2D eigenvalue weighted by molar-refractivity contribution is 0.199. The molecule has 1 N–H and O–H groups in total. The molecule has 0 saturated heterocycles. The van der Waals surface area contributed by atoms with E-state index in [0.717, 1.165) is 51.3 Å². The lowest BCUT2D eigenvalue weighted by Crippen LogP contribution is -2.20. The highest BCUT2D eigenvalue weighted by atomic mass is 16.5. The minimum atomic E-state index is 0.242. The zero-order valence-electron chi connectivity index (χ0n) is 14.1. The van der Waals surface area contributed by atoms with Gasteiger partial charge in [0, 0.05) is 13.7 Å². The van der Waals surface area contributed by atoms with Crippen molar-refractivity contribution in [1.82, 2.24) is 5.32 Å². The highest BCUT2D eigenvalue weighted by molar-refractivity contribution is 5.31. The summed E-state index contributed by atoms with van der Waals surface area (Å²) in [4.78, 5) is 0. The molecule has 1 aromatic carbocycles. The van der Waals surface area contributed by atoms with Crippen LogP contribution in [0, 0.1) is 0 Å². The summed E-state index contributed by atoms with van der Waals surface area (Å²) in [6, 6.07) is 8.55. The van der Waals surface area contributed by atoms with Crippen molar-refractivity contribution in [2.75, 3.05) is 33.4 Å². The first-order chi connectivity index (χ1) is 10.1. The Hall–Kier alpha value is -1.06. The topological polar surface area (TPSA) is 30.5 Å². The summed E-state index contributed by atoms with van der Waals surface area (Å²) in [6.45, 7) is 10.3. The molecule has 0 spiro atoms. The Morgan fingerprint density at radius 2 is 1.71 bits per heavy atom. The van der Waals surface area contributed by atoms with E-state index in [1.807, 2.05) is 0 Å². The molecule has 1 aromatic rings.